The first-order valence-corrected chi connectivity index (χ1v) is 5.71. The van der Waals surface area contributed by atoms with Crippen molar-refractivity contribution in [1.82, 2.24) is 5.32 Å². The van der Waals surface area contributed by atoms with Crippen molar-refractivity contribution in [1.29, 1.82) is 0 Å². The van der Waals surface area contributed by atoms with E-state index in [-0.39, 0.29) is 0 Å². The normalized spacial score (nSPS) is 33.6. The predicted octanol–water partition coefficient (Wildman–Crippen LogP) is 1.97. The molecule has 3 atom stereocenters. The van der Waals surface area contributed by atoms with Crippen LogP contribution in [0.3, 0.4) is 0 Å². The molecule has 0 radical (unpaired) electrons. The van der Waals surface area contributed by atoms with Crippen LogP contribution in [0.1, 0.15) is 29.7 Å². The standard InChI is InChI=1S/C13H17NO/c1-8-3-4-11-10(5-8)6-12-13(11)14-9(2)7-15-12/h3-5,9,12-14H,6-7H2,1-2H3/t9-,12-,13+/m1/s1. The number of morpholine rings is 1. The quantitative estimate of drug-likeness (QED) is 0.696. The van der Waals surface area contributed by atoms with E-state index in [2.05, 4.69) is 37.4 Å². The van der Waals surface area contributed by atoms with Crippen LogP contribution in [0, 0.1) is 6.92 Å². The molecule has 2 nitrogen and oxygen atoms in total. The van der Waals surface area contributed by atoms with E-state index in [0.717, 1.165) is 13.0 Å². The third-order valence-corrected chi connectivity index (χ3v) is 3.45. The SMILES string of the molecule is Cc1ccc2c(c1)C[C@H]1OC[C@@H](C)N[C@@H]21. The van der Waals surface area contributed by atoms with E-state index in [1.807, 2.05) is 0 Å². The van der Waals surface area contributed by atoms with Gasteiger partial charge >= 0.3 is 0 Å². The summed E-state index contributed by atoms with van der Waals surface area (Å²) in [4.78, 5) is 0. The summed E-state index contributed by atoms with van der Waals surface area (Å²) in [5, 5.41) is 3.63. The zero-order valence-electron chi connectivity index (χ0n) is 9.29. The lowest BCUT2D eigenvalue weighted by Gasteiger charge is -2.32. The number of ether oxygens (including phenoxy) is 1. The fraction of sp³-hybridized carbons (Fsp3) is 0.538. The van der Waals surface area contributed by atoms with E-state index >= 15 is 0 Å². The molecule has 1 aromatic carbocycles. The Morgan fingerprint density at radius 3 is 3.13 bits per heavy atom. The van der Waals surface area contributed by atoms with Gasteiger partial charge < -0.3 is 10.1 Å². The molecule has 1 aliphatic carbocycles. The maximum atomic E-state index is 5.87. The van der Waals surface area contributed by atoms with E-state index in [4.69, 9.17) is 4.74 Å². The highest BCUT2D eigenvalue weighted by Crippen LogP contribution is 2.36. The maximum Gasteiger partial charge on any atom is 0.0811 e. The monoisotopic (exact) mass is 203 g/mol. The van der Waals surface area contributed by atoms with E-state index in [0.29, 0.717) is 18.2 Å². The molecule has 80 valence electrons. The zero-order chi connectivity index (χ0) is 10.4. The first kappa shape index (κ1) is 9.37. The highest BCUT2D eigenvalue weighted by atomic mass is 16.5. The van der Waals surface area contributed by atoms with Gasteiger partial charge in [-0.05, 0) is 25.0 Å². The molecule has 15 heavy (non-hydrogen) atoms. The fourth-order valence-corrected chi connectivity index (χ4v) is 2.72. The fourth-order valence-electron chi connectivity index (χ4n) is 2.72. The van der Waals surface area contributed by atoms with Crippen LogP contribution in [0.5, 0.6) is 0 Å². The maximum absolute atomic E-state index is 5.87. The zero-order valence-corrected chi connectivity index (χ0v) is 9.29. The van der Waals surface area contributed by atoms with Crippen molar-refractivity contribution in [3.8, 4) is 0 Å². The van der Waals surface area contributed by atoms with E-state index in [1.165, 1.54) is 16.7 Å². The molecule has 0 unspecified atom stereocenters. The highest BCUT2D eigenvalue weighted by molar-refractivity contribution is 5.39. The van der Waals surface area contributed by atoms with Crippen molar-refractivity contribution >= 4 is 0 Å². The molecule has 2 aliphatic rings. The number of rotatable bonds is 0. The second kappa shape index (κ2) is 3.32. The van der Waals surface area contributed by atoms with Crippen molar-refractivity contribution in [3.05, 3.63) is 34.9 Å². The summed E-state index contributed by atoms with van der Waals surface area (Å²) in [5.74, 6) is 0. The lowest BCUT2D eigenvalue weighted by atomic mass is 10.0. The Balaban J connectivity index is 1.97. The predicted molar refractivity (Wildman–Crippen MR) is 60.0 cm³/mol. The minimum absolute atomic E-state index is 0.359. The van der Waals surface area contributed by atoms with Gasteiger partial charge in [0.15, 0.2) is 0 Å². The van der Waals surface area contributed by atoms with Gasteiger partial charge in [-0.3, -0.25) is 0 Å². The van der Waals surface area contributed by atoms with Crippen LogP contribution in [0.4, 0.5) is 0 Å². The van der Waals surface area contributed by atoms with Gasteiger partial charge in [-0.25, -0.2) is 0 Å². The molecular weight excluding hydrogens is 186 g/mol. The molecular formula is C13H17NO. The molecule has 0 saturated carbocycles. The van der Waals surface area contributed by atoms with E-state index in [1.54, 1.807) is 0 Å². The molecule has 1 saturated heterocycles. The molecule has 2 heteroatoms. The summed E-state index contributed by atoms with van der Waals surface area (Å²) >= 11 is 0. The third kappa shape index (κ3) is 1.48. The molecule has 1 N–H and O–H groups in total. The van der Waals surface area contributed by atoms with Crippen LogP contribution >= 0.6 is 0 Å². The second-order valence-corrected chi connectivity index (χ2v) is 4.82. The lowest BCUT2D eigenvalue weighted by Crippen LogP contribution is -2.45. The average Bonchev–Trinajstić information content (AvgIpc) is 2.54. The molecule has 0 aromatic heterocycles. The summed E-state index contributed by atoms with van der Waals surface area (Å²) in [6.07, 6.45) is 1.43. The molecule has 0 amide bonds. The van der Waals surface area contributed by atoms with Crippen LogP contribution in [-0.2, 0) is 11.2 Å². The van der Waals surface area contributed by atoms with E-state index in [9.17, 15) is 0 Å². The van der Waals surface area contributed by atoms with Crippen LogP contribution < -0.4 is 5.32 Å². The highest BCUT2D eigenvalue weighted by Gasteiger charge is 2.36. The molecule has 0 spiro atoms. The Morgan fingerprint density at radius 2 is 2.27 bits per heavy atom. The van der Waals surface area contributed by atoms with Gasteiger partial charge in [0.1, 0.15) is 0 Å². The Bertz CT molecular complexity index is 388. The third-order valence-electron chi connectivity index (χ3n) is 3.45. The molecule has 1 fully saturated rings. The van der Waals surface area contributed by atoms with Crippen molar-refractivity contribution < 1.29 is 4.74 Å². The Kier molecular flexibility index (Phi) is 2.08. The lowest BCUT2D eigenvalue weighted by molar-refractivity contribution is -0.0157. The first-order valence-electron chi connectivity index (χ1n) is 5.71. The summed E-state index contributed by atoms with van der Waals surface area (Å²) in [6.45, 7) is 5.18. The summed E-state index contributed by atoms with van der Waals surface area (Å²) in [6, 6.07) is 7.64. The van der Waals surface area contributed by atoms with Crippen molar-refractivity contribution in [2.75, 3.05) is 6.61 Å². The number of hydrogen-bond donors (Lipinski definition) is 1. The van der Waals surface area contributed by atoms with Gasteiger partial charge in [0.05, 0.1) is 18.8 Å². The molecule has 1 aromatic rings. The Morgan fingerprint density at radius 1 is 1.40 bits per heavy atom. The summed E-state index contributed by atoms with van der Waals surface area (Å²) in [7, 11) is 0. The van der Waals surface area contributed by atoms with Gasteiger partial charge in [0, 0.05) is 12.5 Å². The van der Waals surface area contributed by atoms with Gasteiger partial charge in [0.25, 0.3) is 0 Å². The van der Waals surface area contributed by atoms with E-state index < -0.39 is 0 Å². The number of benzene rings is 1. The molecule has 3 rings (SSSR count). The minimum atomic E-state index is 0.359. The van der Waals surface area contributed by atoms with Crippen molar-refractivity contribution in [2.45, 2.75) is 38.5 Å². The Labute approximate surface area is 90.6 Å². The smallest absolute Gasteiger partial charge is 0.0811 e. The number of hydrogen-bond acceptors (Lipinski definition) is 2. The summed E-state index contributed by atoms with van der Waals surface area (Å²) in [5.41, 5.74) is 4.25. The average molecular weight is 203 g/mol. The second-order valence-electron chi connectivity index (χ2n) is 4.82. The van der Waals surface area contributed by atoms with Gasteiger partial charge in [0.2, 0.25) is 0 Å². The molecule has 1 heterocycles. The number of fused-ring (bicyclic) bond motifs is 3. The largest absolute Gasteiger partial charge is 0.374 e. The van der Waals surface area contributed by atoms with Gasteiger partial charge in [-0.2, -0.15) is 0 Å². The van der Waals surface area contributed by atoms with Crippen LogP contribution in [0.25, 0.3) is 0 Å². The minimum Gasteiger partial charge on any atom is -0.374 e. The van der Waals surface area contributed by atoms with Crippen LogP contribution in [0.15, 0.2) is 18.2 Å². The van der Waals surface area contributed by atoms with Crippen LogP contribution in [-0.4, -0.2) is 18.8 Å². The van der Waals surface area contributed by atoms with Gasteiger partial charge in [-0.15, -0.1) is 0 Å². The van der Waals surface area contributed by atoms with Crippen molar-refractivity contribution in [3.63, 3.8) is 0 Å². The van der Waals surface area contributed by atoms with Crippen molar-refractivity contribution in [2.24, 2.45) is 0 Å². The molecule has 1 aliphatic heterocycles. The molecule has 0 bridgehead atoms. The number of aryl methyl sites for hydroxylation is 1. The number of nitrogens with one attached hydrogen (secondary N) is 1. The van der Waals surface area contributed by atoms with Crippen LogP contribution in [0.2, 0.25) is 0 Å². The Hall–Kier alpha value is -0.860. The van der Waals surface area contributed by atoms with Gasteiger partial charge in [-0.1, -0.05) is 23.8 Å². The first-order chi connectivity index (χ1) is 7.24. The summed E-state index contributed by atoms with van der Waals surface area (Å²) < 4.78 is 5.87. The topological polar surface area (TPSA) is 21.3 Å².